The highest BCUT2D eigenvalue weighted by Gasteiger charge is 2.24. The minimum atomic E-state index is 0.00130. The summed E-state index contributed by atoms with van der Waals surface area (Å²) in [6.45, 7) is 13.4. The van der Waals surface area contributed by atoms with E-state index < -0.39 is 0 Å². The first-order chi connectivity index (χ1) is 14.6. The van der Waals surface area contributed by atoms with Gasteiger partial charge in [-0.05, 0) is 86.0 Å². The van der Waals surface area contributed by atoms with Gasteiger partial charge >= 0.3 is 0 Å². The van der Waals surface area contributed by atoms with Crippen molar-refractivity contribution in [3.8, 4) is 0 Å². The first kappa shape index (κ1) is 23.5. The fraction of sp³-hybridized carbons (Fsp3) is 0.640. The van der Waals surface area contributed by atoms with Crippen molar-refractivity contribution < 1.29 is 0 Å². The number of allylic oxidation sites excluding steroid dienone is 1. The summed E-state index contributed by atoms with van der Waals surface area (Å²) in [7, 11) is 6.36. The lowest BCUT2D eigenvalue weighted by molar-refractivity contribution is 0.399. The van der Waals surface area contributed by atoms with Gasteiger partial charge in [0.05, 0.1) is 6.54 Å². The van der Waals surface area contributed by atoms with Crippen molar-refractivity contribution in [3.63, 3.8) is 0 Å². The maximum atomic E-state index is 5.02. The number of likely N-dealkylation sites (N-methyl/N-ethyl adjacent to an activating group) is 1. The Bertz CT molecular complexity index is 859. The van der Waals surface area contributed by atoms with E-state index in [1.807, 2.05) is 0 Å². The van der Waals surface area contributed by atoms with Crippen LogP contribution in [0.4, 0.5) is 5.82 Å². The molecule has 170 valence electrons. The lowest BCUT2D eigenvalue weighted by Crippen LogP contribution is -2.39. The molecule has 0 aromatic carbocycles. The van der Waals surface area contributed by atoms with Crippen LogP contribution in [0.1, 0.15) is 63.5 Å². The molecular formula is C25H40N6. The third kappa shape index (κ3) is 6.63. The van der Waals surface area contributed by atoms with Crippen LogP contribution in [0.15, 0.2) is 28.9 Å². The molecule has 0 saturated carbocycles. The van der Waals surface area contributed by atoms with E-state index in [2.05, 4.69) is 69.7 Å². The van der Waals surface area contributed by atoms with Gasteiger partial charge in [-0.15, -0.1) is 0 Å². The van der Waals surface area contributed by atoms with Gasteiger partial charge in [-0.3, -0.25) is 4.99 Å². The number of dihydropyridines is 1. The number of rotatable bonds is 9. The molecule has 0 fully saturated rings. The minimum Gasteiger partial charge on any atom is -0.383 e. The molecule has 0 radical (unpaired) electrons. The van der Waals surface area contributed by atoms with Crippen LogP contribution in [0.3, 0.4) is 0 Å². The van der Waals surface area contributed by atoms with E-state index in [0.717, 1.165) is 74.8 Å². The topological polar surface area (TPSA) is 56.7 Å². The average Bonchev–Trinajstić information content (AvgIpc) is 3.14. The van der Waals surface area contributed by atoms with Gasteiger partial charge in [0, 0.05) is 36.1 Å². The second-order valence-corrected chi connectivity index (χ2v) is 10.2. The van der Waals surface area contributed by atoms with Crippen molar-refractivity contribution in [2.45, 2.75) is 64.8 Å². The number of nitrogens with zero attached hydrogens (tertiary/aromatic N) is 5. The molecule has 1 N–H and O–H groups in total. The molecule has 0 saturated heterocycles. The maximum absolute atomic E-state index is 5.02. The number of aliphatic imine (C=N–C) groups is 1. The zero-order chi connectivity index (χ0) is 22.6. The molecule has 0 amide bonds. The van der Waals surface area contributed by atoms with Crippen molar-refractivity contribution in [1.29, 1.82) is 0 Å². The van der Waals surface area contributed by atoms with Crippen LogP contribution in [0.25, 0.3) is 0 Å². The molecule has 0 atom stereocenters. The zero-order valence-electron chi connectivity index (χ0n) is 20.4. The Labute approximate surface area is 188 Å². The summed E-state index contributed by atoms with van der Waals surface area (Å²) >= 11 is 0. The summed E-state index contributed by atoms with van der Waals surface area (Å²) in [5.41, 5.74) is 5.90. The summed E-state index contributed by atoms with van der Waals surface area (Å²) in [5.74, 6) is 1.81. The van der Waals surface area contributed by atoms with Gasteiger partial charge < -0.3 is 15.1 Å². The Morgan fingerprint density at radius 3 is 2.61 bits per heavy atom. The number of aryl methyl sites for hydroxylation is 1. The Morgan fingerprint density at radius 2 is 1.90 bits per heavy atom. The Balaban J connectivity index is 1.80. The van der Waals surface area contributed by atoms with Gasteiger partial charge in [-0.1, -0.05) is 12.2 Å². The van der Waals surface area contributed by atoms with Gasteiger partial charge in [0.15, 0.2) is 5.82 Å². The SMILES string of the molecule is C=C(CN(C)c1nc(C2=NCCC(CCCN(C)C)=C2)nc2c1CCC2)NC(C)(C)C. The van der Waals surface area contributed by atoms with Crippen molar-refractivity contribution in [2.75, 3.05) is 45.7 Å². The number of hydrogen-bond acceptors (Lipinski definition) is 6. The van der Waals surface area contributed by atoms with Crippen LogP contribution in [0.5, 0.6) is 0 Å². The van der Waals surface area contributed by atoms with Crippen LogP contribution < -0.4 is 10.2 Å². The predicted octanol–water partition coefficient (Wildman–Crippen LogP) is 3.76. The highest BCUT2D eigenvalue weighted by Crippen LogP contribution is 2.29. The molecule has 6 nitrogen and oxygen atoms in total. The maximum Gasteiger partial charge on any atom is 0.179 e. The van der Waals surface area contributed by atoms with Crippen molar-refractivity contribution in [3.05, 3.63) is 41.0 Å². The molecule has 0 unspecified atom stereocenters. The molecule has 2 aliphatic rings. The Kier molecular flexibility index (Phi) is 7.52. The van der Waals surface area contributed by atoms with E-state index in [0.29, 0.717) is 0 Å². The highest BCUT2D eigenvalue weighted by atomic mass is 15.2. The smallest absolute Gasteiger partial charge is 0.179 e. The van der Waals surface area contributed by atoms with E-state index in [1.165, 1.54) is 23.3 Å². The van der Waals surface area contributed by atoms with E-state index in [1.54, 1.807) is 0 Å². The Hall–Kier alpha value is -2.21. The molecule has 6 heteroatoms. The van der Waals surface area contributed by atoms with Crippen molar-refractivity contribution >= 4 is 11.5 Å². The van der Waals surface area contributed by atoms with Crippen LogP contribution >= 0.6 is 0 Å². The molecule has 1 aliphatic carbocycles. The van der Waals surface area contributed by atoms with Gasteiger partial charge in [0.25, 0.3) is 0 Å². The molecule has 0 bridgehead atoms. The first-order valence-corrected chi connectivity index (χ1v) is 11.6. The monoisotopic (exact) mass is 424 g/mol. The zero-order valence-corrected chi connectivity index (χ0v) is 20.4. The molecule has 1 aromatic rings. The first-order valence-electron chi connectivity index (χ1n) is 11.6. The molecule has 31 heavy (non-hydrogen) atoms. The largest absolute Gasteiger partial charge is 0.383 e. The van der Waals surface area contributed by atoms with Crippen molar-refractivity contribution in [2.24, 2.45) is 4.99 Å². The predicted molar refractivity (Wildman–Crippen MR) is 131 cm³/mol. The number of hydrogen-bond donors (Lipinski definition) is 1. The third-order valence-electron chi connectivity index (χ3n) is 5.64. The molecule has 1 aliphatic heterocycles. The summed E-state index contributed by atoms with van der Waals surface area (Å²) in [6.07, 6.45) is 8.80. The van der Waals surface area contributed by atoms with Crippen LogP contribution in [0.2, 0.25) is 0 Å². The molecule has 0 spiro atoms. The van der Waals surface area contributed by atoms with E-state index in [9.17, 15) is 0 Å². The Morgan fingerprint density at radius 1 is 1.13 bits per heavy atom. The van der Waals surface area contributed by atoms with E-state index in [4.69, 9.17) is 15.0 Å². The normalized spacial score (nSPS) is 16.1. The quantitative estimate of drug-likeness (QED) is 0.654. The summed E-state index contributed by atoms with van der Waals surface area (Å²) in [5, 5.41) is 3.48. The van der Waals surface area contributed by atoms with Crippen molar-refractivity contribution in [1.82, 2.24) is 20.2 Å². The molecule has 3 rings (SSSR count). The third-order valence-corrected chi connectivity index (χ3v) is 5.64. The number of aromatic nitrogens is 2. The van der Waals surface area contributed by atoms with E-state index in [-0.39, 0.29) is 5.54 Å². The average molecular weight is 425 g/mol. The van der Waals surface area contributed by atoms with Gasteiger partial charge in [-0.2, -0.15) is 0 Å². The van der Waals surface area contributed by atoms with Crippen LogP contribution in [-0.4, -0.2) is 66.9 Å². The summed E-state index contributed by atoms with van der Waals surface area (Å²) in [6, 6.07) is 0. The number of anilines is 1. The van der Waals surface area contributed by atoms with Crippen LogP contribution in [-0.2, 0) is 12.8 Å². The van der Waals surface area contributed by atoms with Crippen LogP contribution in [0, 0.1) is 0 Å². The summed E-state index contributed by atoms with van der Waals surface area (Å²) < 4.78 is 0. The molecule has 1 aromatic heterocycles. The lowest BCUT2D eigenvalue weighted by atomic mass is 10.0. The number of fused-ring (bicyclic) bond motifs is 1. The molecular weight excluding hydrogens is 384 g/mol. The molecule has 2 heterocycles. The lowest BCUT2D eigenvalue weighted by Gasteiger charge is -2.28. The second kappa shape index (κ2) is 9.94. The van der Waals surface area contributed by atoms with E-state index >= 15 is 0 Å². The van der Waals surface area contributed by atoms with Gasteiger partial charge in [-0.25, -0.2) is 9.97 Å². The van der Waals surface area contributed by atoms with Gasteiger partial charge in [0.2, 0.25) is 0 Å². The number of nitrogens with one attached hydrogen (secondary N) is 1. The fourth-order valence-electron chi connectivity index (χ4n) is 4.36. The van der Waals surface area contributed by atoms with Gasteiger partial charge in [0.1, 0.15) is 11.5 Å². The standard InChI is InChI=1S/C25H40N6/c1-18(29-25(2,3)4)17-31(7)24-20-11-8-12-21(20)27-23(28-24)22-16-19(13-14-26-22)10-9-15-30(5)6/h16,29H,1,8-15,17H2,2-7H3. The second-order valence-electron chi connectivity index (χ2n) is 10.2. The minimum absolute atomic E-state index is 0.00130. The summed E-state index contributed by atoms with van der Waals surface area (Å²) in [4.78, 5) is 19.2. The fourth-order valence-corrected chi connectivity index (χ4v) is 4.36. The highest BCUT2D eigenvalue weighted by molar-refractivity contribution is 6.07.